The Morgan fingerprint density at radius 2 is 1.90 bits per heavy atom. The van der Waals surface area contributed by atoms with Gasteiger partial charge in [0.25, 0.3) is 0 Å². The van der Waals surface area contributed by atoms with Crippen LogP contribution in [0, 0.1) is 5.82 Å². The molecule has 2 aromatic heterocycles. The van der Waals surface area contributed by atoms with Gasteiger partial charge in [-0.15, -0.1) is 0 Å². The van der Waals surface area contributed by atoms with E-state index in [1.807, 2.05) is 42.5 Å². The van der Waals surface area contributed by atoms with Crippen LogP contribution in [0.2, 0.25) is 0 Å². The van der Waals surface area contributed by atoms with Crippen molar-refractivity contribution in [2.75, 3.05) is 0 Å². The fourth-order valence-electron chi connectivity index (χ4n) is 3.16. The summed E-state index contributed by atoms with van der Waals surface area (Å²) in [5, 5.41) is 14.1. The Morgan fingerprint density at radius 3 is 2.68 bits per heavy atom. The van der Waals surface area contributed by atoms with Crippen LogP contribution < -0.4 is 5.32 Å². The molecule has 0 atom stereocenters. The van der Waals surface area contributed by atoms with Gasteiger partial charge in [-0.2, -0.15) is 10.2 Å². The standard InChI is InChI=1S/C22H22FN7O/c23-19-8-4-7-18(11-19)14-30-16-25-21(28-30)12-24-22(31)29(15-20-9-10-26-27-20)13-17-5-2-1-3-6-17/h1-11,16H,12-15H2,(H,24,31)(H,26,27). The summed E-state index contributed by atoms with van der Waals surface area (Å²) in [5.74, 6) is 0.187. The molecule has 0 bridgehead atoms. The molecule has 0 fully saturated rings. The molecule has 0 saturated heterocycles. The van der Waals surface area contributed by atoms with E-state index in [0.717, 1.165) is 16.8 Å². The van der Waals surface area contributed by atoms with E-state index in [0.29, 0.717) is 25.5 Å². The number of nitrogens with zero attached hydrogens (tertiary/aromatic N) is 5. The smallest absolute Gasteiger partial charge is 0.318 e. The maximum absolute atomic E-state index is 13.3. The predicted octanol–water partition coefficient (Wildman–Crippen LogP) is 3.10. The molecule has 0 unspecified atom stereocenters. The molecule has 0 aliphatic heterocycles. The molecular formula is C22H22FN7O. The van der Waals surface area contributed by atoms with Crippen LogP contribution in [0.4, 0.5) is 9.18 Å². The van der Waals surface area contributed by atoms with Crippen molar-refractivity contribution in [1.82, 2.24) is 35.2 Å². The van der Waals surface area contributed by atoms with E-state index in [1.54, 1.807) is 28.2 Å². The van der Waals surface area contributed by atoms with Crippen LogP contribution in [0.5, 0.6) is 0 Å². The van der Waals surface area contributed by atoms with Crippen molar-refractivity contribution < 1.29 is 9.18 Å². The molecule has 0 spiro atoms. The number of hydrogen-bond donors (Lipinski definition) is 2. The number of halogens is 1. The van der Waals surface area contributed by atoms with E-state index in [-0.39, 0.29) is 18.4 Å². The highest BCUT2D eigenvalue weighted by molar-refractivity contribution is 5.74. The number of amides is 2. The van der Waals surface area contributed by atoms with Gasteiger partial charge in [0.1, 0.15) is 12.1 Å². The van der Waals surface area contributed by atoms with Crippen molar-refractivity contribution in [3.05, 3.63) is 102 Å². The summed E-state index contributed by atoms with van der Waals surface area (Å²) in [5.41, 5.74) is 2.65. The Balaban J connectivity index is 1.37. The number of benzene rings is 2. The highest BCUT2D eigenvalue weighted by atomic mass is 19.1. The number of rotatable bonds is 8. The molecule has 4 rings (SSSR count). The van der Waals surface area contributed by atoms with Crippen LogP contribution in [0.1, 0.15) is 22.6 Å². The largest absolute Gasteiger partial charge is 0.331 e. The van der Waals surface area contributed by atoms with Gasteiger partial charge in [0, 0.05) is 12.7 Å². The van der Waals surface area contributed by atoms with Crippen molar-refractivity contribution in [3.63, 3.8) is 0 Å². The lowest BCUT2D eigenvalue weighted by molar-refractivity contribution is 0.191. The first kappa shape index (κ1) is 20.3. The number of H-pyrrole nitrogens is 1. The van der Waals surface area contributed by atoms with E-state index in [1.165, 1.54) is 12.1 Å². The number of nitrogens with one attached hydrogen (secondary N) is 2. The van der Waals surface area contributed by atoms with E-state index >= 15 is 0 Å². The minimum atomic E-state index is -0.291. The fraction of sp³-hybridized carbons (Fsp3) is 0.182. The molecule has 2 amide bonds. The van der Waals surface area contributed by atoms with Crippen LogP contribution in [0.3, 0.4) is 0 Å². The van der Waals surface area contributed by atoms with Crippen molar-refractivity contribution >= 4 is 6.03 Å². The zero-order valence-corrected chi connectivity index (χ0v) is 16.8. The summed E-state index contributed by atoms with van der Waals surface area (Å²) in [6, 6.07) is 17.7. The van der Waals surface area contributed by atoms with Gasteiger partial charge in [0.05, 0.1) is 25.3 Å². The number of aromatic nitrogens is 5. The van der Waals surface area contributed by atoms with Gasteiger partial charge in [-0.05, 0) is 29.3 Å². The zero-order chi connectivity index (χ0) is 21.5. The average molecular weight is 419 g/mol. The van der Waals surface area contributed by atoms with Gasteiger partial charge in [-0.1, -0.05) is 42.5 Å². The number of hydrogen-bond acceptors (Lipinski definition) is 4. The maximum atomic E-state index is 13.3. The summed E-state index contributed by atoms with van der Waals surface area (Å²) in [6.45, 7) is 1.43. The summed E-state index contributed by atoms with van der Waals surface area (Å²) in [4.78, 5) is 18.8. The summed E-state index contributed by atoms with van der Waals surface area (Å²) in [7, 11) is 0. The number of carbonyl (C=O) groups is 1. The van der Waals surface area contributed by atoms with Crippen LogP contribution >= 0.6 is 0 Å². The van der Waals surface area contributed by atoms with Gasteiger partial charge >= 0.3 is 6.03 Å². The minimum absolute atomic E-state index is 0.184. The molecule has 0 saturated carbocycles. The second-order valence-electron chi connectivity index (χ2n) is 7.07. The fourth-order valence-corrected chi connectivity index (χ4v) is 3.16. The number of carbonyl (C=O) groups excluding carboxylic acids is 1. The first-order valence-electron chi connectivity index (χ1n) is 9.83. The van der Waals surface area contributed by atoms with Crippen molar-refractivity contribution in [2.45, 2.75) is 26.2 Å². The summed E-state index contributed by atoms with van der Waals surface area (Å²) in [6.07, 6.45) is 3.22. The predicted molar refractivity (Wildman–Crippen MR) is 112 cm³/mol. The molecule has 9 heteroatoms. The molecule has 0 aliphatic rings. The zero-order valence-electron chi connectivity index (χ0n) is 16.8. The molecule has 8 nitrogen and oxygen atoms in total. The molecule has 158 valence electrons. The first-order valence-corrected chi connectivity index (χ1v) is 9.83. The third-order valence-electron chi connectivity index (χ3n) is 4.64. The van der Waals surface area contributed by atoms with E-state index in [4.69, 9.17) is 0 Å². The lowest BCUT2D eigenvalue weighted by atomic mass is 10.2. The molecule has 2 aromatic carbocycles. The molecule has 0 aliphatic carbocycles. The first-order chi connectivity index (χ1) is 15.2. The van der Waals surface area contributed by atoms with Crippen molar-refractivity contribution in [1.29, 1.82) is 0 Å². The van der Waals surface area contributed by atoms with Gasteiger partial charge in [-0.25, -0.2) is 18.9 Å². The van der Waals surface area contributed by atoms with Crippen LogP contribution in [0.15, 0.2) is 73.2 Å². The van der Waals surface area contributed by atoms with Crippen molar-refractivity contribution in [3.8, 4) is 0 Å². The average Bonchev–Trinajstić information content (AvgIpc) is 3.44. The van der Waals surface area contributed by atoms with E-state index < -0.39 is 0 Å². The van der Waals surface area contributed by atoms with Gasteiger partial charge in [0.15, 0.2) is 5.82 Å². The third-order valence-corrected chi connectivity index (χ3v) is 4.64. The maximum Gasteiger partial charge on any atom is 0.318 e. The van der Waals surface area contributed by atoms with Gasteiger partial charge in [-0.3, -0.25) is 5.10 Å². The Labute approximate surface area is 178 Å². The highest BCUT2D eigenvalue weighted by Crippen LogP contribution is 2.09. The molecule has 31 heavy (non-hydrogen) atoms. The monoisotopic (exact) mass is 419 g/mol. The topological polar surface area (TPSA) is 91.7 Å². The quantitative estimate of drug-likeness (QED) is 0.459. The molecule has 4 aromatic rings. The Morgan fingerprint density at radius 1 is 1.06 bits per heavy atom. The summed E-state index contributed by atoms with van der Waals surface area (Å²) >= 11 is 0. The van der Waals surface area contributed by atoms with E-state index in [2.05, 4.69) is 25.6 Å². The Bertz CT molecular complexity index is 1110. The molecule has 2 N–H and O–H groups in total. The van der Waals surface area contributed by atoms with Crippen LogP contribution in [0.25, 0.3) is 0 Å². The number of aromatic amines is 1. The lowest BCUT2D eigenvalue weighted by Gasteiger charge is -2.22. The second-order valence-corrected chi connectivity index (χ2v) is 7.07. The third kappa shape index (κ3) is 5.75. The van der Waals surface area contributed by atoms with E-state index in [9.17, 15) is 9.18 Å². The molecular weight excluding hydrogens is 397 g/mol. The SMILES string of the molecule is O=C(NCc1ncn(Cc2cccc(F)c2)n1)N(Cc1ccccc1)Cc1ccn[nH]1. The Kier molecular flexibility index (Phi) is 6.32. The summed E-state index contributed by atoms with van der Waals surface area (Å²) < 4.78 is 15.0. The normalized spacial score (nSPS) is 10.7. The van der Waals surface area contributed by atoms with Gasteiger partial charge < -0.3 is 10.2 Å². The lowest BCUT2D eigenvalue weighted by Crippen LogP contribution is -2.39. The Hall–Kier alpha value is -4.01. The minimum Gasteiger partial charge on any atom is -0.331 e. The highest BCUT2D eigenvalue weighted by Gasteiger charge is 2.16. The van der Waals surface area contributed by atoms with Gasteiger partial charge in [0.2, 0.25) is 0 Å². The molecule has 0 radical (unpaired) electrons. The second kappa shape index (κ2) is 9.66. The number of urea groups is 1. The van der Waals surface area contributed by atoms with Crippen molar-refractivity contribution in [2.24, 2.45) is 0 Å². The van der Waals surface area contributed by atoms with Crippen LogP contribution in [-0.4, -0.2) is 35.9 Å². The molecule has 2 heterocycles. The van der Waals surface area contributed by atoms with Crippen LogP contribution in [-0.2, 0) is 26.2 Å².